The van der Waals surface area contributed by atoms with Crippen LogP contribution in [0.5, 0.6) is 17.2 Å². The van der Waals surface area contributed by atoms with Crippen LogP contribution in [0.15, 0.2) is 66.7 Å². The number of pyridine rings is 1. The molecule has 1 amide bonds. The second-order valence-corrected chi connectivity index (χ2v) is 7.38. The fourth-order valence-corrected chi connectivity index (χ4v) is 3.60. The van der Waals surface area contributed by atoms with Crippen molar-refractivity contribution < 1.29 is 19.0 Å². The predicted octanol–water partition coefficient (Wildman–Crippen LogP) is 5.83. The second-order valence-electron chi connectivity index (χ2n) is 6.95. The molecule has 0 aliphatic heterocycles. The van der Waals surface area contributed by atoms with E-state index in [1.165, 1.54) is 0 Å². The molecule has 0 aliphatic rings. The number of amides is 1. The monoisotopic (exact) mass is 448 g/mol. The quantitative estimate of drug-likeness (QED) is 0.401. The van der Waals surface area contributed by atoms with E-state index < -0.39 is 0 Å². The molecule has 1 heterocycles. The predicted molar refractivity (Wildman–Crippen MR) is 126 cm³/mol. The van der Waals surface area contributed by atoms with Crippen molar-refractivity contribution >= 4 is 34.1 Å². The highest BCUT2D eigenvalue weighted by atomic mass is 35.5. The van der Waals surface area contributed by atoms with Crippen LogP contribution in [0.4, 0.5) is 5.69 Å². The second kappa shape index (κ2) is 9.16. The average Bonchev–Trinajstić information content (AvgIpc) is 2.83. The number of methoxy groups -OCH3 is 3. The van der Waals surface area contributed by atoms with Gasteiger partial charge in [0.25, 0.3) is 5.91 Å². The first-order valence-electron chi connectivity index (χ1n) is 9.81. The maximum absolute atomic E-state index is 13.2. The van der Waals surface area contributed by atoms with Gasteiger partial charge in [-0.3, -0.25) is 4.79 Å². The van der Waals surface area contributed by atoms with E-state index in [9.17, 15) is 4.79 Å². The normalized spacial score (nSPS) is 10.6. The molecular weight excluding hydrogens is 428 g/mol. The highest BCUT2D eigenvalue weighted by Gasteiger charge is 2.18. The van der Waals surface area contributed by atoms with Gasteiger partial charge in [-0.25, -0.2) is 4.98 Å². The van der Waals surface area contributed by atoms with Crippen LogP contribution in [0.2, 0.25) is 5.02 Å². The largest absolute Gasteiger partial charge is 0.493 e. The number of anilines is 1. The minimum Gasteiger partial charge on any atom is -0.493 e. The Bertz CT molecular complexity index is 1260. The topological polar surface area (TPSA) is 69.7 Å². The Hall–Kier alpha value is -3.77. The summed E-state index contributed by atoms with van der Waals surface area (Å²) < 4.78 is 16.4. The Kier molecular flexibility index (Phi) is 6.14. The van der Waals surface area contributed by atoms with Crippen molar-refractivity contribution in [3.05, 3.63) is 77.3 Å². The van der Waals surface area contributed by atoms with Gasteiger partial charge in [-0.2, -0.15) is 0 Å². The Balaban J connectivity index is 1.84. The van der Waals surface area contributed by atoms with Crippen LogP contribution in [0.25, 0.3) is 22.2 Å². The van der Waals surface area contributed by atoms with Gasteiger partial charge in [-0.15, -0.1) is 0 Å². The van der Waals surface area contributed by atoms with Gasteiger partial charge < -0.3 is 19.5 Å². The average molecular weight is 449 g/mol. The molecular formula is C25H21ClN2O4. The summed E-state index contributed by atoms with van der Waals surface area (Å²) in [4.78, 5) is 18.0. The lowest BCUT2D eigenvalue weighted by Crippen LogP contribution is -2.13. The van der Waals surface area contributed by atoms with Crippen molar-refractivity contribution in [2.24, 2.45) is 0 Å². The van der Waals surface area contributed by atoms with Gasteiger partial charge in [-0.05, 0) is 48.5 Å². The molecule has 162 valence electrons. The van der Waals surface area contributed by atoms with Crippen LogP contribution < -0.4 is 19.5 Å². The minimum atomic E-state index is -0.250. The van der Waals surface area contributed by atoms with Crippen LogP contribution in [0, 0.1) is 0 Å². The molecule has 0 spiro atoms. The van der Waals surface area contributed by atoms with E-state index in [2.05, 4.69) is 5.32 Å². The van der Waals surface area contributed by atoms with Crippen molar-refractivity contribution in [1.82, 2.24) is 4.98 Å². The lowest BCUT2D eigenvalue weighted by Gasteiger charge is -2.15. The molecule has 0 bridgehead atoms. The third-order valence-corrected chi connectivity index (χ3v) is 5.28. The zero-order valence-corrected chi connectivity index (χ0v) is 18.6. The number of carbonyl (C=O) groups is 1. The lowest BCUT2D eigenvalue weighted by atomic mass is 10.0. The number of para-hydroxylation sites is 1. The summed E-state index contributed by atoms with van der Waals surface area (Å²) in [5.74, 6) is 1.24. The minimum absolute atomic E-state index is 0.250. The van der Waals surface area contributed by atoms with Crippen LogP contribution in [0.3, 0.4) is 0 Å². The fourth-order valence-electron chi connectivity index (χ4n) is 3.47. The van der Waals surface area contributed by atoms with E-state index in [1.54, 1.807) is 63.8 Å². The molecule has 0 atom stereocenters. The van der Waals surface area contributed by atoms with Gasteiger partial charge in [-0.1, -0.05) is 29.8 Å². The number of ether oxygens (including phenoxy) is 3. The number of halogens is 1. The summed E-state index contributed by atoms with van der Waals surface area (Å²) in [5, 5.41) is 4.27. The molecule has 0 radical (unpaired) electrons. The Labute approximate surface area is 190 Å². The first-order chi connectivity index (χ1) is 15.5. The van der Waals surface area contributed by atoms with Gasteiger partial charge in [0.2, 0.25) is 5.75 Å². The fraction of sp³-hybridized carbons (Fsp3) is 0.120. The number of hydrogen-bond acceptors (Lipinski definition) is 5. The molecule has 1 N–H and O–H groups in total. The summed E-state index contributed by atoms with van der Waals surface area (Å²) in [7, 11) is 4.66. The summed E-state index contributed by atoms with van der Waals surface area (Å²) in [6.07, 6.45) is 0. The number of fused-ring (bicyclic) bond motifs is 1. The van der Waals surface area contributed by atoms with Crippen LogP contribution in [0.1, 0.15) is 10.4 Å². The third-order valence-electron chi connectivity index (χ3n) is 5.02. The summed E-state index contributed by atoms with van der Waals surface area (Å²) in [6, 6.07) is 19.8. The molecule has 3 aromatic carbocycles. The Morgan fingerprint density at radius 2 is 1.53 bits per heavy atom. The smallest absolute Gasteiger partial charge is 0.256 e. The van der Waals surface area contributed by atoms with E-state index in [0.29, 0.717) is 44.7 Å². The molecule has 6 nitrogen and oxygen atoms in total. The molecule has 32 heavy (non-hydrogen) atoms. The number of aromatic nitrogens is 1. The van der Waals surface area contributed by atoms with Crippen molar-refractivity contribution in [3.63, 3.8) is 0 Å². The Morgan fingerprint density at radius 1 is 0.875 bits per heavy atom. The van der Waals surface area contributed by atoms with Gasteiger partial charge in [0, 0.05) is 21.7 Å². The lowest BCUT2D eigenvalue weighted by molar-refractivity contribution is 0.102. The van der Waals surface area contributed by atoms with Crippen LogP contribution in [-0.2, 0) is 0 Å². The number of benzene rings is 3. The first-order valence-corrected chi connectivity index (χ1v) is 10.2. The molecule has 0 saturated heterocycles. The van der Waals surface area contributed by atoms with Gasteiger partial charge in [0.05, 0.1) is 38.1 Å². The van der Waals surface area contributed by atoms with Gasteiger partial charge in [0.1, 0.15) is 0 Å². The third kappa shape index (κ3) is 4.18. The zero-order chi connectivity index (χ0) is 22.7. The molecule has 4 rings (SSSR count). The molecule has 0 aliphatic carbocycles. The number of nitrogens with one attached hydrogen (secondary N) is 1. The highest BCUT2D eigenvalue weighted by Crippen LogP contribution is 2.41. The van der Waals surface area contributed by atoms with Crippen molar-refractivity contribution in [2.75, 3.05) is 26.6 Å². The van der Waals surface area contributed by atoms with Crippen molar-refractivity contribution in [3.8, 4) is 28.5 Å². The van der Waals surface area contributed by atoms with Crippen LogP contribution in [-0.4, -0.2) is 32.2 Å². The maximum Gasteiger partial charge on any atom is 0.256 e. The zero-order valence-electron chi connectivity index (χ0n) is 17.8. The maximum atomic E-state index is 13.2. The van der Waals surface area contributed by atoms with Crippen molar-refractivity contribution in [2.45, 2.75) is 0 Å². The van der Waals surface area contributed by atoms with Crippen molar-refractivity contribution in [1.29, 1.82) is 0 Å². The summed E-state index contributed by atoms with van der Waals surface area (Å²) in [6.45, 7) is 0. The molecule has 0 fully saturated rings. The standard InChI is InChI=1S/C25H21ClN2O4/c1-30-22-12-15(13-23(31-2)24(22)32-3)21-14-19(18-6-4-5-7-20(18)28-21)25(29)27-17-10-8-16(26)9-11-17/h4-14H,1-3H3,(H,27,29). The van der Waals surface area contributed by atoms with E-state index in [0.717, 1.165) is 10.9 Å². The molecule has 0 unspecified atom stereocenters. The molecule has 0 saturated carbocycles. The number of carbonyl (C=O) groups excluding carboxylic acids is 1. The Morgan fingerprint density at radius 3 is 2.16 bits per heavy atom. The number of hydrogen-bond donors (Lipinski definition) is 1. The SMILES string of the molecule is COc1cc(-c2cc(C(=O)Nc3ccc(Cl)cc3)c3ccccc3n2)cc(OC)c1OC. The number of rotatable bonds is 6. The summed E-state index contributed by atoms with van der Waals surface area (Å²) in [5.41, 5.74) is 3.17. The molecule has 1 aromatic heterocycles. The van der Waals surface area contributed by atoms with E-state index in [-0.39, 0.29) is 5.91 Å². The van der Waals surface area contributed by atoms with Gasteiger partial charge >= 0.3 is 0 Å². The number of nitrogens with zero attached hydrogens (tertiary/aromatic N) is 1. The van der Waals surface area contributed by atoms with E-state index >= 15 is 0 Å². The molecule has 7 heteroatoms. The van der Waals surface area contributed by atoms with E-state index in [1.807, 2.05) is 24.3 Å². The first kappa shape index (κ1) is 21.5. The van der Waals surface area contributed by atoms with Gasteiger partial charge in [0.15, 0.2) is 11.5 Å². The summed E-state index contributed by atoms with van der Waals surface area (Å²) >= 11 is 5.95. The van der Waals surface area contributed by atoms with Crippen LogP contribution >= 0.6 is 11.6 Å². The molecule has 4 aromatic rings. The van der Waals surface area contributed by atoms with E-state index in [4.69, 9.17) is 30.8 Å². The highest BCUT2D eigenvalue weighted by molar-refractivity contribution is 6.30.